The van der Waals surface area contributed by atoms with Crippen LogP contribution in [0.5, 0.6) is 0 Å². The fourth-order valence-corrected chi connectivity index (χ4v) is 1.83. The zero-order chi connectivity index (χ0) is 12.4. The third-order valence-electron chi connectivity index (χ3n) is 2.01. The van der Waals surface area contributed by atoms with Crippen molar-refractivity contribution in [2.45, 2.75) is 5.16 Å². The summed E-state index contributed by atoms with van der Waals surface area (Å²) in [4.78, 5) is 12.0. The molecule has 0 bridgehead atoms. The number of aromatic nitrogens is 3. The Morgan fingerprint density at radius 1 is 1.29 bits per heavy atom. The van der Waals surface area contributed by atoms with Gasteiger partial charge in [0.2, 0.25) is 5.95 Å². The highest BCUT2D eigenvalue weighted by molar-refractivity contribution is 7.98. The third-order valence-corrected chi connectivity index (χ3v) is 2.94. The van der Waals surface area contributed by atoms with Gasteiger partial charge < -0.3 is 5.73 Å². The molecule has 0 fully saturated rings. The molecule has 7 heteroatoms. The zero-order valence-electron chi connectivity index (χ0n) is 8.82. The van der Waals surface area contributed by atoms with Crippen molar-refractivity contribution in [3.05, 3.63) is 29.0 Å². The first-order chi connectivity index (χ1) is 8.11. The predicted octanol–water partition coefficient (Wildman–Crippen LogP) is 2.64. The lowest BCUT2D eigenvalue weighted by Gasteiger charge is -2.05. The van der Waals surface area contributed by atoms with Crippen molar-refractivity contribution in [2.75, 3.05) is 12.0 Å². The van der Waals surface area contributed by atoms with Gasteiger partial charge in [0, 0.05) is 5.56 Å². The van der Waals surface area contributed by atoms with E-state index in [-0.39, 0.29) is 16.8 Å². The highest BCUT2D eigenvalue weighted by Gasteiger charge is 2.12. The predicted molar refractivity (Wildman–Crippen MR) is 66.4 cm³/mol. The largest absolute Gasteiger partial charge is 0.368 e. The van der Waals surface area contributed by atoms with Crippen LogP contribution in [0.1, 0.15) is 0 Å². The van der Waals surface area contributed by atoms with E-state index in [1.54, 1.807) is 6.07 Å². The quantitative estimate of drug-likeness (QED) is 0.850. The summed E-state index contributed by atoms with van der Waals surface area (Å²) in [5.41, 5.74) is 5.95. The topological polar surface area (TPSA) is 64.7 Å². The molecule has 0 saturated heterocycles. The SMILES string of the molecule is CSc1nc(N)nc(-c2cccc(F)c2Cl)n1. The fraction of sp³-hybridized carbons (Fsp3) is 0.100. The van der Waals surface area contributed by atoms with Gasteiger partial charge in [-0.25, -0.2) is 9.37 Å². The zero-order valence-corrected chi connectivity index (χ0v) is 10.4. The van der Waals surface area contributed by atoms with Gasteiger partial charge in [0.05, 0.1) is 5.02 Å². The Kier molecular flexibility index (Phi) is 3.44. The van der Waals surface area contributed by atoms with E-state index in [9.17, 15) is 4.39 Å². The first-order valence-electron chi connectivity index (χ1n) is 4.61. The lowest BCUT2D eigenvalue weighted by atomic mass is 10.2. The Labute approximate surface area is 106 Å². The average Bonchev–Trinajstić information content (AvgIpc) is 2.31. The molecule has 2 N–H and O–H groups in total. The number of nitrogen functional groups attached to an aromatic ring is 1. The van der Waals surface area contributed by atoms with Crippen LogP contribution in [0.2, 0.25) is 5.02 Å². The molecule has 2 rings (SSSR count). The van der Waals surface area contributed by atoms with Crippen LogP contribution in [0, 0.1) is 5.82 Å². The van der Waals surface area contributed by atoms with Gasteiger partial charge in [-0.15, -0.1) is 0 Å². The number of benzene rings is 1. The molecular formula is C10H8ClFN4S. The summed E-state index contributed by atoms with van der Waals surface area (Å²) >= 11 is 7.18. The van der Waals surface area contributed by atoms with E-state index in [0.717, 1.165) is 0 Å². The van der Waals surface area contributed by atoms with E-state index in [2.05, 4.69) is 15.0 Å². The van der Waals surface area contributed by atoms with E-state index >= 15 is 0 Å². The molecule has 4 nitrogen and oxygen atoms in total. The summed E-state index contributed by atoms with van der Waals surface area (Å²) in [5.74, 6) is -0.167. The number of anilines is 1. The molecule has 1 heterocycles. The fourth-order valence-electron chi connectivity index (χ4n) is 1.26. The van der Waals surface area contributed by atoms with Gasteiger partial charge in [-0.05, 0) is 18.4 Å². The van der Waals surface area contributed by atoms with Crippen molar-refractivity contribution >= 4 is 29.3 Å². The minimum absolute atomic E-state index is 0.0230. The third kappa shape index (κ3) is 2.48. The van der Waals surface area contributed by atoms with Crippen molar-refractivity contribution in [1.82, 2.24) is 15.0 Å². The Morgan fingerprint density at radius 2 is 2.06 bits per heavy atom. The lowest BCUT2D eigenvalue weighted by Crippen LogP contribution is -2.01. The molecule has 0 aliphatic carbocycles. The van der Waals surface area contributed by atoms with E-state index in [1.807, 2.05) is 6.26 Å². The monoisotopic (exact) mass is 270 g/mol. The highest BCUT2D eigenvalue weighted by atomic mass is 35.5. The van der Waals surface area contributed by atoms with Gasteiger partial charge in [0.15, 0.2) is 11.0 Å². The second-order valence-electron chi connectivity index (χ2n) is 3.11. The summed E-state index contributed by atoms with van der Waals surface area (Å²) in [7, 11) is 0. The van der Waals surface area contributed by atoms with E-state index in [1.165, 1.54) is 23.9 Å². The number of nitrogens with two attached hydrogens (primary N) is 1. The second-order valence-corrected chi connectivity index (χ2v) is 4.26. The van der Waals surface area contributed by atoms with Crippen LogP contribution in [-0.2, 0) is 0 Å². The Bertz CT molecular complexity index is 564. The first kappa shape index (κ1) is 12.1. The van der Waals surface area contributed by atoms with Crippen LogP contribution < -0.4 is 5.73 Å². The number of hydrogen-bond acceptors (Lipinski definition) is 5. The molecule has 88 valence electrons. The summed E-state index contributed by atoms with van der Waals surface area (Å²) < 4.78 is 13.3. The van der Waals surface area contributed by atoms with E-state index in [4.69, 9.17) is 17.3 Å². The average molecular weight is 271 g/mol. The van der Waals surface area contributed by atoms with Crippen molar-refractivity contribution in [1.29, 1.82) is 0 Å². The van der Waals surface area contributed by atoms with E-state index < -0.39 is 5.82 Å². The number of nitrogens with zero attached hydrogens (tertiary/aromatic N) is 3. The Morgan fingerprint density at radius 3 is 2.76 bits per heavy atom. The van der Waals surface area contributed by atoms with E-state index in [0.29, 0.717) is 10.7 Å². The van der Waals surface area contributed by atoms with Gasteiger partial charge in [-0.2, -0.15) is 9.97 Å². The summed E-state index contributed by atoms with van der Waals surface area (Å²) in [5, 5.41) is 0.443. The van der Waals surface area contributed by atoms with Crippen molar-refractivity contribution in [3.63, 3.8) is 0 Å². The minimum Gasteiger partial charge on any atom is -0.368 e. The number of halogens is 2. The molecule has 2 aromatic rings. The van der Waals surface area contributed by atoms with Crippen molar-refractivity contribution in [2.24, 2.45) is 0 Å². The molecule has 1 aromatic heterocycles. The summed E-state index contributed by atoms with van der Waals surface area (Å²) in [6.45, 7) is 0. The number of thioether (sulfide) groups is 1. The van der Waals surface area contributed by atoms with Crippen LogP contribution in [0.15, 0.2) is 23.4 Å². The minimum atomic E-state index is -0.520. The molecule has 0 atom stereocenters. The molecule has 0 radical (unpaired) electrons. The molecule has 0 spiro atoms. The molecule has 0 aliphatic rings. The normalized spacial score (nSPS) is 10.5. The van der Waals surface area contributed by atoms with Gasteiger partial charge in [0.1, 0.15) is 5.82 Å². The molecule has 1 aromatic carbocycles. The van der Waals surface area contributed by atoms with Crippen LogP contribution in [-0.4, -0.2) is 21.2 Å². The molecular weight excluding hydrogens is 263 g/mol. The van der Waals surface area contributed by atoms with Crippen LogP contribution >= 0.6 is 23.4 Å². The molecule has 0 saturated carbocycles. The summed E-state index contributed by atoms with van der Waals surface area (Å²) in [6.07, 6.45) is 1.81. The molecule has 0 amide bonds. The number of rotatable bonds is 2. The van der Waals surface area contributed by atoms with Crippen LogP contribution in [0.3, 0.4) is 0 Å². The first-order valence-corrected chi connectivity index (χ1v) is 6.22. The van der Waals surface area contributed by atoms with Crippen LogP contribution in [0.4, 0.5) is 10.3 Å². The van der Waals surface area contributed by atoms with Gasteiger partial charge in [-0.1, -0.05) is 29.4 Å². The smallest absolute Gasteiger partial charge is 0.224 e. The lowest BCUT2D eigenvalue weighted by molar-refractivity contribution is 0.628. The standard InChI is InChI=1S/C10H8ClFN4S/c1-17-10-15-8(14-9(13)16-10)5-3-2-4-6(12)7(5)11/h2-4H,1H3,(H2,13,14,15,16). The van der Waals surface area contributed by atoms with Crippen molar-refractivity contribution in [3.8, 4) is 11.4 Å². The highest BCUT2D eigenvalue weighted by Crippen LogP contribution is 2.28. The Hall–Kier alpha value is -1.40. The number of hydrogen-bond donors (Lipinski definition) is 1. The maximum atomic E-state index is 13.3. The van der Waals surface area contributed by atoms with Gasteiger partial charge >= 0.3 is 0 Å². The maximum Gasteiger partial charge on any atom is 0.224 e. The van der Waals surface area contributed by atoms with Gasteiger partial charge in [0.25, 0.3) is 0 Å². The Balaban J connectivity index is 2.60. The molecule has 17 heavy (non-hydrogen) atoms. The summed E-state index contributed by atoms with van der Waals surface area (Å²) in [6, 6.07) is 4.44. The molecule has 0 aliphatic heterocycles. The van der Waals surface area contributed by atoms with Crippen molar-refractivity contribution < 1.29 is 4.39 Å². The van der Waals surface area contributed by atoms with Gasteiger partial charge in [-0.3, -0.25) is 0 Å². The maximum absolute atomic E-state index is 13.3. The molecule has 0 unspecified atom stereocenters. The van der Waals surface area contributed by atoms with Crippen LogP contribution in [0.25, 0.3) is 11.4 Å². The second kappa shape index (κ2) is 4.85.